The predicted octanol–water partition coefficient (Wildman–Crippen LogP) is 1.91. The smallest absolute Gasteiger partial charge is 0.208 e. The fraction of sp³-hybridized carbons (Fsp3) is 0.273. The fourth-order valence-electron chi connectivity index (χ4n) is 1.46. The molecule has 0 amide bonds. The van der Waals surface area contributed by atoms with Crippen molar-refractivity contribution in [2.75, 3.05) is 25.0 Å². The van der Waals surface area contributed by atoms with E-state index in [9.17, 15) is 0 Å². The summed E-state index contributed by atoms with van der Waals surface area (Å²) in [4.78, 5) is 7.60. The topological polar surface area (TPSA) is 10.8 Å². The van der Waals surface area contributed by atoms with Gasteiger partial charge in [0, 0.05) is 20.1 Å². The van der Waals surface area contributed by atoms with Crippen LogP contribution in [-0.2, 0) is 20.1 Å². The van der Waals surface area contributed by atoms with Crippen LogP contribution in [0.25, 0.3) is 4.85 Å². The van der Waals surface area contributed by atoms with Crippen molar-refractivity contribution in [3.05, 3.63) is 42.4 Å². The van der Waals surface area contributed by atoms with E-state index >= 15 is 0 Å². The van der Waals surface area contributed by atoms with E-state index in [-0.39, 0.29) is 20.1 Å². The van der Waals surface area contributed by atoms with Gasteiger partial charge in [-0.05, 0) is 20.1 Å². The van der Waals surface area contributed by atoms with E-state index in [2.05, 4.69) is 27.4 Å². The Morgan fingerprint density at radius 1 is 1.47 bits per heavy atom. The van der Waals surface area contributed by atoms with Gasteiger partial charge in [0.15, 0.2) is 0 Å². The molecule has 0 aromatic heterocycles. The van der Waals surface area contributed by atoms with E-state index < -0.39 is 0 Å². The third-order valence-corrected chi connectivity index (χ3v) is 2.25. The van der Waals surface area contributed by atoms with Crippen molar-refractivity contribution < 1.29 is 20.1 Å². The first-order chi connectivity index (χ1) is 6.79. The summed E-state index contributed by atoms with van der Waals surface area (Å²) in [5.41, 5.74) is 1.67. The van der Waals surface area contributed by atoms with Gasteiger partial charge in [0.05, 0.1) is 0 Å². The van der Waals surface area contributed by atoms with Gasteiger partial charge in [-0.1, -0.05) is 12.1 Å². The van der Waals surface area contributed by atoms with Crippen molar-refractivity contribution in [1.82, 2.24) is 4.90 Å². The first-order valence-corrected chi connectivity index (χ1v) is 4.50. The molecule has 2 rings (SSSR count). The second kappa shape index (κ2) is 5.27. The summed E-state index contributed by atoms with van der Waals surface area (Å²) in [5.74, 6) is 0. The molecule has 0 unspecified atom stereocenters. The Labute approximate surface area is 104 Å². The van der Waals surface area contributed by atoms with Crippen LogP contribution in [-0.4, -0.2) is 25.0 Å². The Kier molecular flexibility index (Phi) is 4.28. The van der Waals surface area contributed by atoms with Crippen LogP contribution in [0.15, 0.2) is 18.2 Å². The maximum atomic E-state index is 6.83. The van der Waals surface area contributed by atoms with Gasteiger partial charge in [0.25, 0.3) is 0 Å². The van der Waals surface area contributed by atoms with Gasteiger partial charge >= 0.3 is 0 Å². The summed E-state index contributed by atoms with van der Waals surface area (Å²) in [6.07, 6.45) is 0. The van der Waals surface area contributed by atoms with Gasteiger partial charge in [0.1, 0.15) is 6.57 Å². The van der Waals surface area contributed by atoms with Crippen LogP contribution in [0.1, 0.15) is 0 Å². The Balaban J connectivity index is 0.00000112. The van der Waals surface area contributed by atoms with Crippen LogP contribution < -0.4 is 4.90 Å². The fourth-order valence-corrected chi connectivity index (χ4v) is 1.46. The first kappa shape index (κ1) is 12.2. The summed E-state index contributed by atoms with van der Waals surface area (Å²) >= 11 is 0. The third kappa shape index (κ3) is 2.79. The first-order valence-electron chi connectivity index (χ1n) is 4.50. The number of rotatable bonds is 1. The molecule has 0 atom stereocenters. The van der Waals surface area contributed by atoms with Gasteiger partial charge in [-0.25, -0.2) is 4.85 Å². The Morgan fingerprint density at radius 2 is 2.27 bits per heavy atom. The Hall–Kier alpha value is -0.881. The predicted molar refractivity (Wildman–Crippen MR) is 55.8 cm³/mol. The summed E-state index contributed by atoms with van der Waals surface area (Å²) < 4.78 is 0. The van der Waals surface area contributed by atoms with E-state index in [1.807, 2.05) is 19.2 Å². The molecule has 15 heavy (non-hydrogen) atoms. The molecule has 0 saturated carbocycles. The number of likely N-dealkylation sites (N-methyl/N-ethyl adjacent to an activating group) is 1. The normalized spacial score (nSPS) is 15.9. The second-order valence-corrected chi connectivity index (χ2v) is 3.33. The number of benzene rings is 1. The van der Waals surface area contributed by atoms with E-state index in [1.165, 1.54) is 0 Å². The van der Waals surface area contributed by atoms with Gasteiger partial charge in [-0.15, -0.1) is 11.8 Å². The summed E-state index contributed by atoms with van der Waals surface area (Å²) in [5, 5.41) is 0. The molecule has 0 spiro atoms. The third-order valence-electron chi connectivity index (χ3n) is 2.25. The van der Waals surface area contributed by atoms with Crippen molar-refractivity contribution in [3.63, 3.8) is 0 Å². The van der Waals surface area contributed by atoms with E-state index in [0.717, 1.165) is 18.8 Å². The SMILES string of the molecule is [C-]#[N+]c1c[c-]c(N2[CH-]N(C)CC2)cc1.[Ir]. The minimum Gasteiger partial charge on any atom is -0.528 e. The standard InChI is InChI=1S/C11H11N3.Ir/c1-12-10-3-5-11(6-4-10)14-8-7-13(2)9-14;/h3-5,9H,7-8H2,2H3;/q-2;. The molecule has 1 aromatic carbocycles. The maximum Gasteiger partial charge on any atom is 0.208 e. The quantitative estimate of drug-likeness (QED) is 0.693. The van der Waals surface area contributed by atoms with Crippen molar-refractivity contribution in [1.29, 1.82) is 0 Å². The molecule has 81 valence electrons. The summed E-state index contributed by atoms with van der Waals surface area (Å²) in [6.45, 7) is 10.9. The van der Waals surface area contributed by atoms with E-state index in [1.54, 1.807) is 6.07 Å². The molecule has 1 aromatic rings. The maximum absolute atomic E-state index is 6.83. The van der Waals surface area contributed by atoms with Gasteiger partial charge < -0.3 is 9.80 Å². The molecule has 4 heteroatoms. The van der Waals surface area contributed by atoms with Gasteiger partial charge in [-0.3, -0.25) is 0 Å². The minimum atomic E-state index is 0. The molecule has 1 aliphatic heterocycles. The van der Waals surface area contributed by atoms with Crippen molar-refractivity contribution in [2.24, 2.45) is 0 Å². The molecule has 1 aliphatic rings. The number of nitrogens with zero attached hydrogens (tertiary/aromatic N) is 3. The molecule has 1 saturated heterocycles. The molecular formula is C11H11IrN3-2. The molecule has 1 radical (unpaired) electrons. The molecule has 1 fully saturated rings. The minimum absolute atomic E-state index is 0. The van der Waals surface area contributed by atoms with Crippen molar-refractivity contribution in [3.8, 4) is 0 Å². The Bertz CT molecular complexity index is 355. The van der Waals surface area contributed by atoms with Crippen LogP contribution >= 0.6 is 0 Å². The van der Waals surface area contributed by atoms with E-state index in [4.69, 9.17) is 6.57 Å². The molecule has 0 aliphatic carbocycles. The van der Waals surface area contributed by atoms with Crippen LogP contribution in [0.3, 0.4) is 0 Å². The number of hydrogen-bond acceptors (Lipinski definition) is 2. The van der Waals surface area contributed by atoms with Crippen molar-refractivity contribution in [2.45, 2.75) is 0 Å². The molecular weight excluding hydrogens is 366 g/mol. The average Bonchev–Trinajstić information content (AvgIpc) is 2.65. The monoisotopic (exact) mass is 378 g/mol. The zero-order valence-electron chi connectivity index (χ0n) is 8.40. The largest absolute Gasteiger partial charge is 0.528 e. The molecule has 0 bridgehead atoms. The summed E-state index contributed by atoms with van der Waals surface area (Å²) in [7, 11) is 2.05. The van der Waals surface area contributed by atoms with Gasteiger partial charge in [-0.2, -0.15) is 12.7 Å². The van der Waals surface area contributed by atoms with Crippen LogP contribution in [0.5, 0.6) is 0 Å². The van der Waals surface area contributed by atoms with E-state index in [0.29, 0.717) is 5.69 Å². The second-order valence-electron chi connectivity index (χ2n) is 3.33. The summed E-state index contributed by atoms with van der Waals surface area (Å²) in [6, 6.07) is 8.59. The number of hydrogen-bond donors (Lipinski definition) is 0. The van der Waals surface area contributed by atoms with Crippen LogP contribution in [0, 0.1) is 19.3 Å². The zero-order chi connectivity index (χ0) is 9.97. The molecule has 3 nitrogen and oxygen atoms in total. The molecule has 1 heterocycles. The van der Waals surface area contributed by atoms with Gasteiger partial charge in [0.2, 0.25) is 5.69 Å². The number of anilines is 1. The van der Waals surface area contributed by atoms with Crippen LogP contribution in [0.2, 0.25) is 0 Å². The zero-order valence-corrected chi connectivity index (χ0v) is 10.8. The van der Waals surface area contributed by atoms with Crippen LogP contribution in [0.4, 0.5) is 11.4 Å². The Morgan fingerprint density at radius 3 is 2.73 bits per heavy atom. The van der Waals surface area contributed by atoms with Crippen molar-refractivity contribution >= 4 is 11.4 Å². The average molecular weight is 377 g/mol. The molecule has 0 N–H and O–H groups in total.